The number of carbonyl (C=O) groups excluding carboxylic acids is 1. The van der Waals surface area contributed by atoms with Gasteiger partial charge in [0.25, 0.3) is 0 Å². The number of anilines is 2. The predicted molar refractivity (Wildman–Crippen MR) is 122 cm³/mol. The predicted octanol–water partition coefficient (Wildman–Crippen LogP) is 6.71. The average molecular weight is 443 g/mol. The molecule has 29 heavy (non-hydrogen) atoms. The van der Waals surface area contributed by atoms with Crippen LogP contribution in [0.25, 0.3) is 10.2 Å². The van der Waals surface area contributed by atoms with Gasteiger partial charge in [0.15, 0.2) is 5.13 Å². The molecule has 0 aliphatic carbocycles. The number of halogens is 1. The average Bonchev–Trinajstić information content (AvgIpc) is 3.34. The third-order valence-corrected chi connectivity index (χ3v) is 6.66. The second-order valence-corrected chi connectivity index (χ2v) is 9.13. The zero-order valence-electron chi connectivity index (χ0n) is 15.8. The van der Waals surface area contributed by atoms with Crippen LogP contribution in [-0.4, -0.2) is 17.5 Å². The number of hydrogen-bond donors (Lipinski definition) is 0. The van der Waals surface area contributed by atoms with Crippen LogP contribution in [-0.2, 0) is 11.2 Å². The van der Waals surface area contributed by atoms with Gasteiger partial charge in [-0.15, -0.1) is 11.3 Å². The van der Waals surface area contributed by atoms with Crippen LogP contribution in [0.15, 0.2) is 60.7 Å². The summed E-state index contributed by atoms with van der Waals surface area (Å²) in [5.41, 5.74) is 1.67. The van der Waals surface area contributed by atoms with Crippen LogP contribution < -0.4 is 9.64 Å². The fourth-order valence-electron chi connectivity index (χ4n) is 3.00. The summed E-state index contributed by atoms with van der Waals surface area (Å²) in [5.74, 6) is 0.777. The molecule has 0 N–H and O–H groups in total. The number of nitrogens with zero attached hydrogens (tertiary/aromatic N) is 2. The van der Waals surface area contributed by atoms with E-state index in [2.05, 4.69) is 0 Å². The van der Waals surface area contributed by atoms with Crippen LogP contribution in [0.1, 0.15) is 18.2 Å². The minimum Gasteiger partial charge on any atom is -0.494 e. The number of benzene rings is 2. The monoisotopic (exact) mass is 442 g/mol. The zero-order valence-corrected chi connectivity index (χ0v) is 18.2. The molecule has 2 heterocycles. The molecule has 0 bridgehead atoms. The van der Waals surface area contributed by atoms with Crippen molar-refractivity contribution in [2.45, 2.75) is 19.8 Å². The van der Waals surface area contributed by atoms with Gasteiger partial charge in [-0.05, 0) is 61.9 Å². The van der Waals surface area contributed by atoms with E-state index < -0.39 is 0 Å². The number of thiazole rings is 1. The first-order valence-corrected chi connectivity index (χ1v) is 11.3. The highest BCUT2D eigenvalue weighted by Crippen LogP contribution is 2.35. The Bertz CT molecular complexity index is 1090. The molecule has 148 valence electrons. The van der Waals surface area contributed by atoms with Gasteiger partial charge in [0.2, 0.25) is 5.91 Å². The Kier molecular flexibility index (Phi) is 6.13. The van der Waals surface area contributed by atoms with Gasteiger partial charge in [-0.3, -0.25) is 9.69 Å². The van der Waals surface area contributed by atoms with E-state index in [-0.39, 0.29) is 5.91 Å². The molecule has 0 aliphatic rings. The molecule has 0 spiro atoms. The molecular weight excluding hydrogens is 424 g/mol. The van der Waals surface area contributed by atoms with Crippen molar-refractivity contribution in [3.05, 3.63) is 69.9 Å². The summed E-state index contributed by atoms with van der Waals surface area (Å²) in [6.45, 7) is 2.55. The number of hydrogen-bond acceptors (Lipinski definition) is 5. The van der Waals surface area contributed by atoms with Crippen molar-refractivity contribution < 1.29 is 9.53 Å². The summed E-state index contributed by atoms with van der Waals surface area (Å²) in [7, 11) is 0. The summed E-state index contributed by atoms with van der Waals surface area (Å²) in [6, 6.07) is 19.3. The van der Waals surface area contributed by atoms with E-state index in [1.54, 1.807) is 4.90 Å². The van der Waals surface area contributed by atoms with Crippen LogP contribution in [0.5, 0.6) is 5.75 Å². The molecule has 0 atom stereocenters. The SMILES string of the molecule is CCOc1ccc(N(C(=O)CCc2ccc(Cl)s2)c2nc3ccccc3s2)cc1. The number of aryl methyl sites for hydroxylation is 1. The minimum absolute atomic E-state index is 0.00209. The molecule has 4 aromatic rings. The fourth-order valence-corrected chi connectivity index (χ4v) is 5.09. The number of fused-ring (bicyclic) bond motifs is 1. The molecule has 1 amide bonds. The van der Waals surface area contributed by atoms with Crippen LogP contribution in [0.2, 0.25) is 4.34 Å². The van der Waals surface area contributed by atoms with Gasteiger partial charge in [0.05, 0.1) is 26.8 Å². The standard InChI is InChI=1S/C22H19ClN2O2S2/c1-2-27-16-9-7-15(8-10-16)25(21(26)14-12-17-11-13-20(23)28-17)22-24-18-5-3-4-6-19(18)29-22/h3-11,13H,2,12,14H2,1H3. The lowest BCUT2D eigenvalue weighted by Gasteiger charge is -2.20. The minimum atomic E-state index is -0.00209. The maximum absolute atomic E-state index is 13.2. The first kappa shape index (κ1) is 19.9. The van der Waals surface area contributed by atoms with Crippen molar-refractivity contribution in [3.63, 3.8) is 0 Å². The summed E-state index contributed by atoms with van der Waals surface area (Å²) >= 11 is 9.04. The number of thiophene rings is 1. The summed E-state index contributed by atoms with van der Waals surface area (Å²) < 4.78 is 7.32. The number of para-hydroxylation sites is 1. The lowest BCUT2D eigenvalue weighted by Crippen LogP contribution is -2.26. The van der Waals surface area contributed by atoms with Crippen molar-refractivity contribution >= 4 is 61.2 Å². The Morgan fingerprint density at radius 1 is 1.07 bits per heavy atom. The summed E-state index contributed by atoms with van der Waals surface area (Å²) in [6.07, 6.45) is 1.02. The first-order valence-electron chi connectivity index (χ1n) is 9.29. The smallest absolute Gasteiger partial charge is 0.233 e. The van der Waals surface area contributed by atoms with Crippen LogP contribution in [0.4, 0.5) is 10.8 Å². The first-order chi connectivity index (χ1) is 14.1. The van der Waals surface area contributed by atoms with Crippen molar-refractivity contribution in [3.8, 4) is 5.75 Å². The number of ether oxygens (including phenoxy) is 1. The second-order valence-electron chi connectivity index (χ2n) is 6.33. The molecule has 2 aromatic carbocycles. The van der Waals surface area contributed by atoms with Gasteiger partial charge in [-0.25, -0.2) is 4.98 Å². The summed E-state index contributed by atoms with van der Waals surface area (Å²) in [5, 5.41) is 0.671. The van der Waals surface area contributed by atoms with E-state index in [0.29, 0.717) is 24.6 Å². The van der Waals surface area contributed by atoms with Crippen molar-refractivity contribution in [1.82, 2.24) is 4.98 Å². The van der Waals surface area contributed by atoms with Crippen molar-refractivity contribution in [2.24, 2.45) is 0 Å². The number of amides is 1. The van der Waals surface area contributed by atoms with Gasteiger partial charge in [-0.1, -0.05) is 35.1 Å². The summed E-state index contributed by atoms with van der Waals surface area (Å²) in [4.78, 5) is 20.7. The van der Waals surface area contributed by atoms with Crippen LogP contribution >= 0.6 is 34.3 Å². The molecule has 2 aromatic heterocycles. The third-order valence-electron chi connectivity index (χ3n) is 4.34. The van der Waals surface area contributed by atoms with E-state index in [1.165, 1.54) is 22.7 Å². The van der Waals surface area contributed by atoms with Crippen molar-refractivity contribution in [2.75, 3.05) is 11.5 Å². The van der Waals surface area contributed by atoms with Crippen LogP contribution in [0, 0.1) is 0 Å². The molecular formula is C22H19ClN2O2S2. The zero-order chi connectivity index (χ0) is 20.2. The Balaban J connectivity index is 1.64. The number of rotatable bonds is 7. The molecule has 0 saturated heterocycles. The van der Waals surface area contributed by atoms with Gasteiger partial charge in [0.1, 0.15) is 5.75 Å². The highest BCUT2D eigenvalue weighted by molar-refractivity contribution is 7.22. The van der Waals surface area contributed by atoms with Gasteiger partial charge >= 0.3 is 0 Å². The topological polar surface area (TPSA) is 42.4 Å². The highest BCUT2D eigenvalue weighted by Gasteiger charge is 2.22. The van der Waals surface area contributed by atoms with E-state index in [9.17, 15) is 4.79 Å². The largest absolute Gasteiger partial charge is 0.494 e. The van der Waals surface area contributed by atoms with Gasteiger partial charge < -0.3 is 4.74 Å². The highest BCUT2D eigenvalue weighted by atomic mass is 35.5. The van der Waals surface area contributed by atoms with Gasteiger partial charge in [-0.2, -0.15) is 0 Å². The van der Waals surface area contributed by atoms with Crippen LogP contribution in [0.3, 0.4) is 0 Å². The fraction of sp³-hybridized carbons (Fsp3) is 0.182. The maximum atomic E-state index is 13.2. The third kappa shape index (κ3) is 4.61. The molecule has 0 saturated carbocycles. The Morgan fingerprint density at radius 3 is 2.55 bits per heavy atom. The second kappa shape index (κ2) is 8.95. The molecule has 0 radical (unpaired) electrons. The molecule has 0 fully saturated rings. The molecule has 4 nitrogen and oxygen atoms in total. The number of carbonyl (C=O) groups is 1. The Labute approximate surface area is 182 Å². The van der Waals surface area contributed by atoms with E-state index in [4.69, 9.17) is 21.3 Å². The molecule has 7 heteroatoms. The molecule has 0 unspecified atom stereocenters. The van der Waals surface area contributed by atoms with E-state index in [0.717, 1.165) is 30.9 Å². The normalized spacial score (nSPS) is 11.0. The molecule has 0 aliphatic heterocycles. The maximum Gasteiger partial charge on any atom is 0.233 e. The van der Waals surface area contributed by atoms with Gasteiger partial charge in [0, 0.05) is 11.3 Å². The van der Waals surface area contributed by atoms with E-state index >= 15 is 0 Å². The lowest BCUT2D eigenvalue weighted by molar-refractivity contribution is -0.117. The number of aromatic nitrogens is 1. The lowest BCUT2D eigenvalue weighted by atomic mass is 10.2. The Hall–Kier alpha value is -2.41. The van der Waals surface area contributed by atoms with E-state index in [1.807, 2.05) is 67.6 Å². The Morgan fingerprint density at radius 2 is 1.86 bits per heavy atom. The quantitative estimate of drug-likeness (QED) is 0.319. The molecule has 4 rings (SSSR count). The van der Waals surface area contributed by atoms with Crippen molar-refractivity contribution in [1.29, 1.82) is 0 Å².